The van der Waals surface area contributed by atoms with Gasteiger partial charge in [0.05, 0.1) is 52.1 Å². The maximum absolute atomic E-state index is 12.9. The minimum absolute atomic E-state index is 0.314. The number of carbonyl (C=O) groups excluding carboxylic acids is 5. The van der Waals surface area contributed by atoms with Crippen LogP contribution < -0.4 is 0 Å². The molecule has 0 heterocycles. The minimum Gasteiger partial charge on any atom is -0.469 e. The van der Waals surface area contributed by atoms with Crippen LogP contribution in [0.3, 0.4) is 0 Å². The highest BCUT2D eigenvalue weighted by molar-refractivity contribution is 6.02. The summed E-state index contributed by atoms with van der Waals surface area (Å²) in [5.41, 5.74) is 0. The molecule has 0 N–H and O–H groups in total. The Balaban J connectivity index is 2.00. The summed E-state index contributed by atoms with van der Waals surface area (Å²) in [6.07, 6.45) is 0. The zero-order valence-electron chi connectivity index (χ0n) is 14.8. The Morgan fingerprint density at radius 2 is 0.846 bits per heavy atom. The third kappa shape index (κ3) is 2.12. The smallest absolute Gasteiger partial charge is 0.310 e. The minimum atomic E-state index is -0.966. The molecule has 0 bridgehead atoms. The van der Waals surface area contributed by atoms with Crippen LogP contribution in [0.5, 0.6) is 0 Å². The van der Waals surface area contributed by atoms with E-state index in [9.17, 15) is 24.0 Å². The molecule has 3 aliphatic carbocycles. The summed E-state index contributed by atoms with van der Waals surface area (Å²) in [6.45, 7) is 0. The molecule has 0 aromatic carbocycles. The standard InChI is InChI=1S/C17H20O9/c1-23-14(19)9-5-6-8(13(18)7(5)11(9)16(21)25-3)12(17(22)26-4)10(6)15(20)24-2/h5-12H,1-4H3. The second-order valence-corrected chi connectivity index (χ2v) is 6.80. The molecule has 0 spiro atoms. The van der Waals surface area contributed by atoms with E-state index in [1.807, 2.05) is 0 Å². The molecule has 3 fully saturated rings. The van der Waals surface area contributed by atoms with E-state index in [1.165, 1.54) is 28.4 Å². The molecular weight excluding hydrogens is 348 g/mol. The summed E-state index contributed by atoms with van der Waals surface area (Å²) < 4.78 is 19.0. The van der Waals surface area contributed by atoms with Crippen molar-refractivity contribution in [3.63, 3.8) is 0 Å². The fraction of sp³-hybridized carbons (Fsp3) is 0.706. The Morgan fingerprint density at radius 1 is 0.577 bits per heavy atom. The number of hydrogen-bond donors (Lipinski definition) is 0. The van der Waals surface area contributed by atoms with E-state index in [0.717, 1.165) is 0 Å². The van der Waals surface area contributed by atoms with Crippen molar-refractivity contribution in [3.05, 3.63) is 0 Å². The van der Waals surface area contributed by atoms with Gasteiger partial charge >= 0.3 is 23.9 Å². The molecule has 3 saturated carbocycles. The Morgan fingerprint density at radius 3 is 1.12 bits per heavy atom. The molecule has 0 saturated heterocycles. The van der Waals surface area contributed by atoms with Gasteiger partial charge in [0, 0.05) is 11.8 Å². The summed E-state index contributed by atoms with van der Waals surface area (Å²) in [6, 6.07) is 0. The molecule has 9 nitrogen and oxygen atoms in total. The van der Waals surface area contributed by atoms with Crippen molar-refractivity contribution < 1.29 is 42.9 Å². The molecule has 0 aromatic rings. The molecule has 26 heavy (non-hydrogen) atoms. The van der Waals surface area contributed by atoms with E-state index in [1.54, 1.807) is 0 Å². The molecule has 142 valence electrons. The fourth-order valence-corrected chi connectivity index (χ4v) is 5.21. The number of fused-ring (bicyclic) bond motifs is 3. The Labute approximate surface area is 149 Å². The van der Waals surface area contributed by atoms with E-state index >= 15 is 0 Å². The van der Waals surface area contributed by atoms with Gasteiger partial charge in [0.2, 0.25) is 0 Å². The van der Waals surface area contributed by atoms with E-state index in [4.69, 9.17) is 18.9 Å². The lowest BCUT2D eigenvalue weighted by Crippen LogP contribution is -2.60. The van der Waals surface area contributed by atoms with Crippen molar-refractivity contribution in [2.45, 2.75) is 0 Å². The van der Waals surface area contributed by atoms with Crippen LogP contribution in [0, 0.1) is 47.3 Å². The second-order valence-electron chi connectivity index (χ2n) is 6.80. The maximum Gasteiger partial charge on any atom is 0.310 e. The summed E-state index contributed by atoms with van der Waals surface area (Å²) in [5, 5.41) is 0. The number of ether oxygens (including phenoxy) is 4. The van der Waals surface area contributed by atoms with Gasteiger partial charge in [-0.25, -0.2) is 0 Å². The van der Waals surface area contributed by atoms with Crippen LogP contribution >= 0.6 is 0 Å². The van der Waals surface area contributed by atoms with Gasteiger partial charge in [-0.2, -0.15) is 0 Å². The SMILES string of the molecule is COC(=O)C1C(C(=O)OC)C2C1C(=O)C1C(C(=O)OC)C(C(=O)OC)C12. The Hall–Kier alpha value is -2.45. The van der Waals surface area contributed by atoms with Crippen molar-refractivity contribution in [1.29, 1.82) is 0 Å². The van der Waals surface area contributed by atoms with Crippen molar-refractivity contribution in [1.82, 2.24) is 0 Å². The molecule has 0 radical (unpaired) electrons. The average Bonchev–Trinajstić information content (AvgIpc) is 2.79. The van der Waals surface area contributed by atoms with E-state index in [-0.39, 0.29) is 5.78 Å². The highest BCUT2D eigenvalue weighted by Crippen LogP contribution is 2.68. The zero-order valence-corrected chi connectivity index (χ0v) is 14.8. The highest BCUT2D eigenvalue weighted by Gasteiger charge is 2.78. The monoisotopic (exact) mass is 368 g/mol. The van der Waals surface area contributed by atoms with Gasteiger partial charge < -0.3 is 18.9 Å². The molecular formula is C17H20O9. The van der Waals surface area contributed by atoms with Gasteiger partial charge in [-0.05, 0) is 11.8 Å². The van der Waals surface area contributed by atoms with Crippen LogP contribution in [0.25, 0.3) is 0 Å². The molecule has 3 rings (SSSR count). The van der Waals surface area contributed by atoms with Gasteiger partial charge in [0.1, 0.15) is 5.78 Å². The largest absolute Gasteiger partial charge is 0.469 e. The maximum atomic E-state index is 12.9. The van der Waals surface area contributed by atoms with Gasteiger partial charge in [-0.15, -0.1) is 0 Å². The quantitative estimate of drug-likeness (QED) is 0.464. The Bertz CT molecular complexity index is 628. The van der Waals surface area contributed by atoms with Crippen LogP contribution in [0.4, 0.5) is 0 Å². The number of rotatable bonds is 4. The first kappa shape index (κ1) is 18.3. The number of carbonyl (C=O) groups is 5. The summed E-state index contributed by atoms with van der Waals surface area (Å²) in [7, 11) is 4.72. The average molecular weight is 368 g/mol. The number of Topliss-reactive ketones (excluding diaryl/α,β-unsaturated/α-hetero) is 1. The van der Waals surface area contributed by atoms with Gasteiger partial charge in [0.25, 0.3) is 0 Å². The van der Waals surface area contributed by atoms with E-state index in [0.29, 0.717) is 0 Å². The summed E-state index contributed by atoms with van der Waals surface area (Å²) in [5.74, 6) is -9.33. The fourth-order valence-electron chi connectivity index (χ4n) is 5.21. The van der Waals surface area contributed by atoms with Gasteiger partial charge in [-0.1, -0.05) is 0 Å². The molecule has 9 heteroatoms. The van der Waals surface area contributed by atoms with Crippen LogP contribution in [-0.2, 0) is 42.9 Å². The highest BCUT2D eigenvalue weighted by atomic mass is 16.5. The second kappa shape index (κ2) is 6.37. The molecule has 0 aromatic heterocycles. The third-order valence-corrected chi connectivity index (χ3v) is 6.20. The lowest BCUT2D eigenvalue weighted by atomic mass is 9.49. The van der Waals surface area contributed by atoms with Crippen molar-refractivity contribution in [2.75, 3.05) is 28.4 Å². The van der Waals surface area contributed by atoms with Crippen LogP contribution in [0.2, 0.25) is 0 Å². The molecule has 8 atom stereocenters. The summed E-state index contributed by atoms with van der Waals surface area (Å²) in [4.78, 5) is 61.6. The van der Waals surface area contributed by atoms with Gasteiger partial charge in [0.15, 0.2) is 0 Å². The third-order valence-electron chi connectivity index (χ3n) is 6.20. The topological polar surface area (TPSA) is 122 Å². The van der Waals surface area contributed by atoms with E-state index in [2.05, 4.69) is 0 Å². The lowest BCUT2D eigenvalue weighted by Gasteiger charge is -2.51. The molecule has 8 unspecified atom stereocenters. The van der Waals surface area contributed by atoms with E-state index < -0.39 is 71.2 Å². The summed E-state index contributed by atoms with van der Waals surface area (Å²) >= 11 is 0. The molecule has 3 aliphatic rings. The zero-order chi connectivity index (χ0) is 19.3. The van der Waals surface area contributed by atoms with Crippen LogP contribution in [0.1, 0.15) is 0 Å². The normalized spacial score (nSPS) is 39.5. The molecule has 0 aliphatic heterocycles. The Kier molecular flexibility index (Phi) is 4.49. The van der Waals surface area contributed by atoms with Crippen molar-refractivity contribution >= 4 is 29.7 Å². The predicted octanol–water partition coefficient (Wildman–Crippen LogP) is -0.782. The predicted molar refractivity (Wildman–Crippen MR) is 81.0 cm³/mol. The number of hydrogen-bond acceptors (Lipinski definition) is 9. The van der Waals surface area contributed by atoms with Crippen molar-refractivity contribution in [2.24, 2.45) is 47.3 Å². The first-order chi connectivity index (χ1) is 12.3. The number of ketones is 1. The van der Waals surface area contributed by atoms with Crippen LogP contribution in [0.15, 0.2) is 0 Å². The van der Waals surface area contributed by atoms with Crippen LogP contribution in [-0.4, -0.2) is 58.1 Å². The molecule has 0 amide bonds. The number of esters is 4. The van der Waals surface area contributed by atoms with Crippen molar-refractivity contribution in [3.8, 4) is 0 Å². The number of methoxy groups -OCH3 is 4. The van der Waals surface area contributed by atoms with Gasteiger partial charge in [-0.3, -0.25) is 24.0 Å². The first-order valence-electron chi connectivity index (χ1n) is 8.20. The lowest BCUT2D eigenvalue weighted by molar-refractivity contribution is -0.191. The first-order valence-corrected chi connectivity index (χ1v) is 8.20.